The van der Waals surface area contributed by atoms with Crippen molar-refractivity contribution in [2.75, 3.05) is 0 Å². The standard InChI is InChI=1S/C25H38O3/c1-15-13-22-20-8-7-18-14-19(28-17(3)27)9-11-23(18,4)21(20)10-12-24(22,5)25(15,6)16(2)26/h7,15,19-22H,8-14H2,1-6H3/t15-,19-,20-,21+,22+,23+,24+,25-/m1/s1. The van der Waals surface area contributed by atoms with Gasteiger partial charge < -0.3 is 4.74 Å². The molecule has 0 heterocycles. The molecule has 4 rings (SSSR count). The summed E-state index contributed by atoms with van der Waals surface area (Å²) in [6, 6.07) is 0. The van der Waals surface area contributed by atoms with Crippen LogP contribution < -0.4 is 0 Å². The average Bonchev–Trinajstić information content (AvgIpc) is 2.83. The Kier molecular flexibility index (Phi) is 4.64. The van der Waals surface area contributed by atoms with Crippen LogP contribution in [0.3, 0.4) is 0 Å². The van der Waals surface area contributed by atoms with Crippen molar-refractivity contribution >= 4 is 11.8 Å². The monoisotopic (exact) mass is 386 g/mol. The zero-order valence-electron chi connectivity index (χ0n) is 18.6. The Balaban J connectivity index is 1.64. The van der Waals surface area contributed by atoms with Gasteiger partial charge in [0.05, 0.1) is 0 Å². The summed E-state index contributed by atoms with van der Waals surface area (Å²) in [5.74, 6) is 2.77. The van der Waals surface area contributed by atoms with Gasteiger partial charge in [0, 0.05) is 18.8 Å². The normalized spacial score (nSPS) is 50.1. The van der Waals surface area contributed by atoms with E-state index in [2.05, 4.69) is 33.8 Å². The number of hydrogen-bond acceptors (Lipinski definition) is 3. The molecule has 0 N–H and O–H groups in total. The summed E-state index contributed by atoms with van der Waals surface area (Å²) < 4.78 is 5.56. The summed E-state index contributed by atoms with van der Waals surface area (Å²) >= 11 is 0. The van der Waals surface area contributed by atoms with E-state index in [9.17, 15) is 9.59 Å². The summed E-state index contributed by atoms with van der Waals surface area (Å²) in [6.07, 6.45) is 10.3. The molecule has 0 unspecified atom stereocenters. The third kappa shape index (κ3) is 2.53. The van der Waals surface area contributed by atoms with E-state index in [0.717, 1.165) is 25.7 Å². The fraction of sp³-hybridized carbons (Fsp3) is 0.840. The Labute approximate surface area is 170 Å². The molecule has 0 aliphatic heterocycles. The average molecular weight is 387 g/mol. The molecule has 0 aromatic carbocycles. The fourth-order valence-corrected chi connectivity index (χ4v) is 8.29. The highest BCUT2D eigenvalue weighted by molar-refractivity contribution is 5.83. The van der Waals surface area contributed by atoms with Crippen molar-refractivity contribution in [3.8, 4) is 0 Å². The molecule has 8 atom stereocenters. The maximum Gasteiger partial charge on any atom is 0.302 e. The predicted molar refractivity (Wildman–Crippen MR) is 111 cm³/mol. The zero-order valence-corrected chi connectivity index (χ0v) is 18.6. The summed E-state index contributed by atoms with van der Waals surface area (Å²) in [5, 5.41) is 0. The number of allylic oxidation sites excluding steroid dienone is 1. The molecule has 3 nitrogen and oxygen atoms in total. The zero-order chi connectivity index (χ0) is 20.5. The van der Waals surface area contributed by atoms with Gasteiger partial charge in [-0.15, -0.1) is 0 Å². The molecule has 0 saturated heterocycles. The third-order valence-corrected chi connectivity index (χ3v) is 10.3. The van der Waals surface area contributed by atoms with Gasteiger partial charge in [-0.3, -0.25) is 9.59 Å². The second kappa shape index (κ2) is 6.44. The van der Waals surface area contributed by atoms with Crippen LogP contribution in [-0.2, 0) is 14.3 Å². The van der Waals surface area contributed by atoms with E-state index in [4.69, 9.17) is 4.74 Å². The van der Waals surface area contributed by atoms with Crippen LogP contribution in [0.25, 0.3) is 0 Å². The lowest BCUT2D eigenvalue weighted by molar-refractivity contribution is -0.150. The maximum absolute atomic E-state index is 12.8. The second-order valence-corrected chi connectivity index (χ2v) is 11.1. The van der Waals surface area contributed by atoms with Crippen LogP contribution >= 0.6 is 0 Å². The van der Waals surface area contributed by atoms with E-state index in [1.54, 1.807) is 0 Å². The summed E-state index contributed by atoms with van der Waals surface area (Å²) in [5.41, 5.74) is 1.74. The minimum atomic E-state index is -0.180. The number of Topliss-reactive ketones (excluding diaryl/α,β-unsaturated/α-hetero) is 1. The van der Waals surface area contributed by atoms with Gasteiger partial charge in [0.15, 0.2) is 0 Å². The molecule has 0 radical (unpaired) electrons. The van der Waals surface area contributed by atoms with E-state index >= 15 is 0 Å². The predicted octanol–water partition coefficient (Wildman–Crippen LogP) is 5.72. The SMILES string of the molecule is CC(=O)O[C@@H]1CC[C@@]2(C)C(=CC[C@@H]3[C@@H]2CC[C@@]2(C)[C@H]3C[C@@H](C)[C@]2(C)C(C)=O)C1. The molecule has 0 aromatic rings. The van der Waals surface area contributed by atoms with Gasteiger partial charge in [-0.1, -0.05) is 39.3 Å². The number of ether oxygens (including phenoxy) is 1. The third-order valence-electron chi connectivity index (χ3n) is 10.3. The first-order valence-electron chi connectivity index (χ1n) is 11.4. The van der Waals surface area contributed by atoms with Gasteiger partial charge in [-0.25, -0.2) is 0 Å². The molecule has 4 aliphatic carbocycles. The second-order valence-electron chi connectivity index (χ2n) is 11.1. The molecule has 4 aliphatic rings. The number of carbonyl (C=O) groups is 2. The number of hydrogen-bond donors (Lipinski definition) is 0. The van der Waals surface area contributed by atoms with Gasteiger partial charge in [0.25, 0.3) is 0 Å². The fourth-order valence-electron chi connectivity index (χ4n) is 8.29. The number of esters is 1. The number of carbonyl (C=O) groups excluding carboxylic acids is 2. The summed E-state index contributed by atoms with van der Waals surface area (Å²) in [7, 11) is 0. The van der Waals surface area contributed by atoms with Crippen LogP contribution in [0.5, 0.6) is 0 Å². The maximum atomic E-state index is 12.8. The van der Waals surface area contributed by atoms with Crippen molar-refractivity contribution in [1.29, 1.82) is 0 Å². The van der Waals surface area contributed by atoms with E-state index in [1.807, 2.05) is 6.92 Å². The Hall–Kier alpha value is -1.12. The Morgan fingerprint density at radius 3 is 2.43 bits per heavy atom. The van der Waals surface area contributed by atoms with E-state index in [-0.39, 0.29) is 28.3 Å². The van der Waals surface area contributed by atoms with Gasteiger partial charge in [-0.2, -0.15) is 0 Å². The van der Waals surface area contributed by atoms with Crippen molar-refractivity contribution in [2.45, 2.75) is 92.6 Å². The molecule has 3 saturated carbocycles. The minimum absolute atomic E-state index is 0.0646. The van der Waals surface area contributed by atoms with Gasteiger partial charge in [0.1, 0.15) is 11.9 Å². The van der Waals surface area contributed by atoms with Crippen LogP contribution in [0.2, 0.25) is 0 Å². The lowest BCUT2D eigenvalue weighted by Gasteiger charge is -2.59. The van der Waals surface area contributed by atoms with Crippen LogP contribution in [0.15, 0.2) is 11.6 Å². The number of rotatable bonds is 2. The van der Waals surface area contributed by atoms with Crippen LogP contribution in [0.4, 0.5) is 0 Å². The lowest BCUT2D eigenvalue weighted by Crippen LogP contribution is -2.53. The molecular formula is C25H38O3. The molecule has 3 heteroatoms. The van der Waals surface area contributed by atoms with Crippen LogP contribution in [-0.4, -0.2) is 17.9 Å². The Morgan fingerprint density at radius 1 is 1.07 bits per heavy atom. The largest absolute Gasteiger partial charge is 0.462 e. The Bertz CT molecular complexity index is 723. The summed E-state index contributed by atoms with van der Waals surface area (Å²) in [6.45, 7) is 12.8. The first-order valence-corrected chi connectivity index (χ1v) is 11.4. The molecule has 0 amide bonds. The molecule has 0 spiro atoms. The van der Waals surface area contributed by atoms with Crippen molar-refractivity contribution in [3.63, 3.8) is 0 Å². The van der Waals surface area contributed by atoms with Crippen LogP contribution in [0.1, 0.15) is 86.5 Å². The van der Waals surface area contributed by atoms with Crippen molar-refractivity contribution in [3.05, 3.63) is 11.6 Å². The summed E-state index contributed by atoms with van der Waals surface area (Å²) in [4.78, 5) is 24.2. The van der Waals surface area contributed by atoms with Gasteiger partial charge in [0.2, 0.25) is 0 Å². The number of fused-ring (bicyclic) bond motifs is 5. The van der Waals surface area contributed by atoms with Crippen molar-refractivity contribution in [1.82, 2.24) is 0 Å². The minimum Gasteiger partial charge on any atom is -0.462 e. The van der Waals surface area contributed by atoms with Gasteiger partial charge in [-0.05, 0) is 80.0 Å². The molecule has 156 valence electrons. The highest BCUT2D eigenvalue weighted by Gasteiger charge is 2.66. The molecule has 28 heavy (non-hydrogen) atoms. The van der Waals surface area contributed by atoms with Crippen LogP contribution in [0, 0.1) is 39.9 Å². The lowest BCUT2D eigenvalue weighted by atomic mass is 9.45. The molecule has 3 fully saturated rings. The number of ketones is 1. The topological polar surface area (TPSA) is 43.4 Å². The van der Waals surface area contributed by atoms with Crippen molar-refractivity contribution < 1.29 is 14.3 Å². The molecular weight excluding hydrogens is 348 g/mol. The molecule has 0 bridgehead atoms. The van der Waals surface area contributed by atoms with E-state index in [1.165, 1.54) is 31.8 Å². The van der Waals surface area contributed by atoms with Crippen molar-refractivity contribution in [2.24, 2.45) is 39.9 Å². The Morgan fingerprint density at radius 2 is 1.79 bits per heavy atom. The highest BCUT2D eigenvalue weighted by Crippen LogP contribution is 2.71. The van der Waals surface area contributed by atoms with E-state index < -0.39 is 0 Å². The van der Waals surface area contributed by atoms with Gasteiger partial charge >= 0.3 is 5.97 Å². The molecule has 0 aromatic heterocycles. The first kappa shape index (κ1) is 20.2. The highest BCUT2D eigenvalue weighted by atomic mass is 16.5. The quantitative estimate of drug-likeness (QED) is 0.450. The smallest absolute Gasteiger partial charge is 0.302 e. The van der Waals surface area contributed by atoms with E-state index in [0.29, 0.717) is 29.5 Å². The first-order chi connectivity index (χ1) is 13.0.